The highest BCUT2D eigenvalue weighted by atomic mass is 16.2. The van der Waals surface area contributed by atoms with Crippen molar-refractivity contribution in [3.8, 4) is 0 Å². The molecule has 1 fully saturated rings. The molecule has 0 radical (unpaired) electrons. The molecule has 2 amide bonds. The first-order valence-electron chi connectivity index (χ1n) is 7.84. The van der Waals surface area contributed by atoms with Crippen LogP contribution in [0.25, 0.3) is 0 Å². The van der Waals surface area contributed by atoms with Gasteiger partial charge in [0, 0.05) is 31.1 Å². The average molecular weight is 303 g/mol. The van der Waals surface area contributed by atoms with E-state index >= 15 is 0 Å². The second-order valence-corrected chi connectivity index (χ2v) is 6.28. The van der Waals surface area contributed by atoms with Gasteiger partial charge in [-0.1, -0.05) is 32.0 Å². The maximum atomic E-state index is 12.4. The highest BCUT2D eigenvalue weighted by Crippen LogP contribution is 2.09. The predicted octanol–water partition coefficient (Wildman–Crippen LogP) is 1.09. The fourth-order valence-electron chi connectivity index (χ4n) is 2.43. The van der Waals surface area contributed by atoms with E-state index in [4.69, 9.17) is 0 Å². The Labute approximate surface area is 131 Å². The fraction of sp³-hybridized carbons (Fsp3) is 0.529. The third-order valence-electron chi connectivity index (χ3n) is 4.06. The number of aryl methyl sites for hydroxylation is 1. The van der Waals surface area contributed by atoms with Crippen LogP contribution in [0.5, 0.6) is 0 Å². The molecule has 1 saturated heterocycles. The van der Waals surface area contributed by atoms with E-state index in [1.807, 2.05) is 39.0 Å². The van der Waals surface area contributed by atoms with E-state index in [1.54, 1.807) is 6.07 Å². The van der Waals surface area contributed by atoms with Crippen molar-refractivity contribution < 1.29 is 9.59 Å². The maximum absolute atomic E-state index is 12.4. The topological polar surface area (TPSA) is 70.2 Å². The number of hydrogen-bond donors (Lipinski definition) is 3. The van der Waals surface area contributed by atoms with Gasteiger partial charge in [0.05, 0.1) is 0 Å². The van der Waals surface area contributed by atoms with Gasteiger partial charge in [-0.15, -0.1) is 0 Å². The molecule has 1 aromatic rings. The van der Waals surface area contributed by atoms with Gasteiger partial charge in [0.2, 0.25) is 5.91 Å². The van der Waals surface area contributed by atoms with E-state index in [-0.39, 0.29) is 17.7 Å². The first kappa shape index (κ1) is 16.5. The summed E-state index contributed by atoms with van der Waals surface area (Å²) < 4.78 is 0. The van der Waals surface area contributed by atoms with Crippen LogP contribution in [0, 0.1) is 18.8 Å². The van der Waals surface area contributed by atoms with Crippen molar-refractivity contribution in [3.05, 3.63) is 35.4 Å². The lowest BCUT2D eigenvalue weighted by atomic mass is 10.0. The number of amides is 2. The Hall–Kier alpha value is -1.88. The van der Waals surface area contributed by atoms with Gasteiger partial charge < -0.3 is 16.0 Å². The minimum atomic E-state index is -0.514. The maximum Gasteiger partial charge on any atom is 0.252 e. The third kappa shape index (κ3) is 4.07. The van der Waals surface area contributed by atoms with E-state index < -0.39 is 6.04 Å². The zero-order chi connectivity index (χ0) is 16.1. The van der Waals surface area contributed by atoms with Crippen molar-refractivity contribution in [1.29, 1.82) is 0 Å². The Morgan fingerprint density at radius 2 is 1.95 bits per heavy atom. The summed E-state index contributed by atoms with van der Waals surface area (Å²) in [6.45, 7) is 8.32. The monoisotopic (exact) mass is 303 g/mol. The molecular formula is C17H25N3O2. The van der Waals surface area contributed by atoms with Gasteiger partial charge >= 0.3 is 0 Å². The summed E-state index contributed by atoms with van der Waals surface area (Å²) in [4.78, 5) is 24.7. The molecular weight excluding hydrogens is 278 g/mol. The smallest absolute Gasteiger partial charge is 0.252 e. The second-order valence-electron chi connectivity index (χ2n) is 6.28. The Morgan fingerprint density at radius 3 is 2.50 bits per heavy atom. The minimum Gasteiger partial charge on any atom is -0.354 e. The molecule has 1 aliphatic heterocycles. The summed E-state index contributed by atoms with van der Waals surface area (Å²) in [6, 6.07) is 6.88. The van der Waals surface area contributed by atoms with Crippen LogP contribution in [-0.2, 0) is 4.79 Å². The van der Waals surface area contributed by atoms with Crippen molar-refractivity contribution in [2.24, 2.45) is 11.8 Å². The Bertz CT molecular complexity index is 538. The summed E-state index contributed by atoms with van der Waals surface area (Å²) in [7, 11) is 0. The number of carbonyl (C=O) groups excluding carboxylic acids is 2. The quantitative estimate of drug-likeness (QED) is 0.736. The summed E-state index contributed by atoms with van der Waals surface area (Å²) in [5.74, 6) is 0.234. The summed E-state index contributed by atoms with van der Waals surface area (Å²) in [5.41, 5.74) is 1.52. The van der Waals surface area contributed by atoms with Crippen LogP contribution in [0.3, 0.4) is 0 Å². The van der Waals surface area contributed by atoms with Gasteiger partial charge in [0.15, 0.2) is 0 Å². The molecule has 1 unspecified atom stereocenters. The van der Waals surface area contributed by atoms with Crippen molar-refractivity contribution in [3.63, 3.8) is 0 Å². The van der Waals surface area contributed by atoms with E-state index in [2.05, 4.69) is 16.0 Å². The first-order chi connectivity index (χ1) is 10.5. The highest BCUT2D eigenvalue weighted by molar-refractivity contribution is 5.98. The lowest BCUT2D eigenvalue weighted by Crippen LogP contribution is -2.53. The van der Waals surface area contributed by atoms with Gasteiger partial charge in [0.1, 0.15) is 6.04 Å². The molecule has 5 heteroatoms. The minimum absolute atomic E-state index is 0.0347. The summed E-state index contributed by atoms with van der Waals surface area (Å²) >= 11 is 0. The number of nitrogens with one attached hydrogen (secondary N) is 3. The van der Waals surface area contributed by atoms with Crippen molar-refractivity contribution in [2.45, 2.75) is 26.8 Å². The number of rotatable bonds is 6. The van der Waals surface area contributed by atoms with Gasteiger partial charge in [-0.05, 0) is 24.5 Å². The fourth-order valence-corrected chi connectivity index (χ4v) is 2.43. The van der Waals surface area contributed by atoms with Gasteiger partial charge in [0.25, 0.3) is 5.91 Å². The van der Waals surface area contributed by atoms with Crippen LogP contribution < -0.4 is 16.0 Å². The molecule has 0 spiro atoms. The second kappa shape index (κ2) is 7.40. The number of hydrogen-bond acceptors (Lipinski definition) is 3. The van der Waals surface area contributed by atoms with Crippen LogP contribution >= 0.6 is 0 Å². The van der Waals surface area contributed by atoms with Crippen LogP contribution in [0.15, 0.2) is 24.3 Å². The molecule has 0 bridgehead atoms. The zero-order valence-corrected chi connectivity index (χ0v) is 13.5. The lowest BCUT2D eigenvalue weighted by molar-refractivity contribution is -0.124. The van der Waals surface area contributed by atoms with Crippen LogP contribution in [0.4, 0.5) is 0 Å². The average Bonchev–Trinajstić information content (AvgIpc) is 2.42. The summed E-state index contributed by atoms with van der Waals surface area (Å²) in [6.07, 6.45) is 0. The first-order valence-corrected chi connectivity index (χ1v) is 7.84. The van der Waals surface area contributed by atoms with E-state index in [1.165, 1.54) is 0 Å². The molecule has 1 aliphatic rings. The van der Waals surface area contributed by atoms with E-state index in [9.17, 15) is 9.59 Å². The van der Waals surface area contributed by atoms with E-state index in [0.717, 1.165) is 18.7 Å². The van der Waals surface area contributed by atoms with Crippen LogP contribution in [-0.4, -0.2) is 37.5 Å². The molecule has 1 heterocycles. The number of benzene rings is 1. The molecule has 120 valence electrons. The van der Waals surface area contributed by atoms with Crippen LogP contribution in [0.2, 0.25) is 0 Å². The Kier molecular flexibility index (Phi) is 5.55. The lowest BCUT2D eigenvalue weighted by Gasteiger charge is -2.29. The Morgan fingerprint density at radius 1 is 1.27 bits per heavy atom. The van der Waals surface area contributed by atoms with Gasteiger partial charge in [-0.25, -0.2) is 0 Å². The van der Waals surface area contributed by atoms with Gasteiger partial charge in [-0.3, -0.25) is 9.59 Å². The van der Waals surface area contributed by atoms with Crippen molar-refractivity contribution >= 4 is 11.8 Å². The molecule has 2 rings (SSSR count). The van der Waals surface area contributed by atoms with Crippen molar-refractivity contribution in [2.75, 3.05) is 19.6 Å². The number of carbonyl (C=O) groups is 2. The molecule has 1 atom stereocenters. The van der Waals surface area contributed by atoms with E-state index in [0.29, 0.717) is 18.0 Å². The molecule has 1 aromatic carbocycles. The molecule has 5 nitrogen and oxygen atoms in total. The molecule has 0 saturated carbocycles. The molecule has 0 aromatic heterocycles. The molecule has 3 N–H and O–H groups in total. The van der Waals surface area contributed by atoms with Gasteiger partial charge in [-0.2, -0.15) is 0 Å². The highest BCUT2D eigenvalue weighted by Gasteiger charge is 2.26. The standard InChI is InChI=1S/C17H25N3O2/c1-11(2)15(17(22)19-10-13-8-18-9-13)20-16(21)14-7-5-4-6-12(14)3/h4-7,11,13,15,18H,8-10H2,1-3H3,(H,19,22)(H,20,21). The zero-order valence-electron chi connectivity index (χ0n) is 13.5. The van der Waals surface area contributed by atoms with Crippen LogP contribution in [0.1, 0.15) is 29.8 Å². The Balaban J connectivity index is 1.97. The SMILES string of the molecule is Cc1ccccc1C(=O)NC(C(=O)NCC1CNC1)C(C)C. The predicted molar refractivity (Wildman–Crippen MR) is 86.6 cm³/mol. The largest absolute Gasteiger partial charge is 0.354 e. The molecule has 0 aliphatic carbocycles. The normalized spacial score (nSPS) is 16.0. The third-order valence-corrected chi connectivity index (χ3v) is 4.06. The summed E-state index contributed by atoms with van der Waals surface area (Å²) in [5, 5.41) is 8.99. The van der Waals surface area contributed by atoms with Crippen molar-refractivity contribution in [1.82, 2.24) is 16.0 Å². The molecule has 22 heavy (non-hydrogen) atoms.